The molecule has 2 nitrogen and oxygen atoms in total. The molecule has 1 aromatic carbocycles. The van der Waals surface area contributed by atoms with Crippen LogP contribution in [0.4, 0.5) is 0 Å². The molecule has 1 N–H and O–H groups in total. The maximum Gasteiger partial charge on any atom is 0.224 e. The first-order valence-electron chi connectivity index (χ1n) is 8.04. The minimum atomic E-state index is 0.172. The van der Waals surface area contributed by atoms with Crippen LogP contribution in [0.2, 0.25) is 0 Å². The summed E-state index contributed by atoms with van der Waals surface area (Å²) in [5.74, 6) is 0.934. The van der Waals surface area contributed by atoms with Crippen LogP contribution >= 0.6 is 0 Å². The molecule has 0 spiro atoms. The third-order valence-electron chi connectivity index (χ3n) is 4.27. The normalized spacial score (nSPS) is 21.9. The largest absolute Gasteiger partial charge is 0.353 e. The van der Waals surface area contributed by atoms with Gasteiger partial charge in [-0.25, -0.2) is 0 Å². The van der Waals surface area contributed by atoms with Crippen molar-refractivity contribution in [3.63, 3.8) is 0 Å². The molecule has 2 heteroatoms. The zero-order valence-corrected chi connectivity index (χ0v) is 12.8. The lowest BCUT2D eigenvalue weighted by molar-refractivity contribution is -0.121. The number of hydrogen-bond acceptors (Lipinski definition) is 1. The Morgan fingerprint density at radius 3 is 2.50 bits per heavy atom. The second-order valence-corrected chi connectivity index (χ2v) is 6.28. The van der Waals surface area contributed by atoms with Gasteiger partial charge in [0.25, 0.3) is 0 Å². The highest BCUT2D eigenvalue weighted by Crippen LogP contribution is 2.24. The molecule has 0 aromatic heterocycles. The number of aryl methyl sites for hydroxylation is 1. The smallest absolute Gasteiger partial charge is 0.224 e. The van der Waals surface area contributed by atoms with Gasteiger partial charge in [-0.3, -0.25) is 4.79 Å². The minimum Gasteiger partial charge on any atom is -0.353 e. The van der Waals surface area contributed by atoms with Gasteiger partial charge in [0, 0.05) is 6.04 Å². The van der Waals surface area contributed by atoms with Crippen molar-refractivity contribution in [1.82, 2.24) is 5.32 Å². The zero-order chi connectivity index (χ0) is 14.4. The van der Waals surface area contributed by atoms with E-state index >= 15 is 0 Å². The van der Waals surface area contributed by atoms with Crippen LogP contribution in [0.1, 0.15) is 57.1 Å². The van der Waals surface area contributed by atoms with Gasteiger partial charge in [-0.2, -0.15) is 0 Å². The summed E-state index contributed by atoms with van der Waals surface area (Å²) in [6, 6.07) is 8.93. The Morgan fingerprint density at radius 1 is 1.20 bits per heavy atom. The predicted molar refractivity (Wildman–Crippen MR) is 83.7 cm³/mol. The van der Waals surface area contributed by atoms with Gasteiger partial charge in [0.05, 0.1) is 6.42 Å². The van der Waals surface area contributed by atoms with Gasteiger partial charge in [-0.1, -0.05) is 44.5 Å². The molecule has 1 saturated carbocycles. The SMILES string of the molecule is CCCCc1ccc(CC(=O)NC2CCC(C)C2)cc1. The van der Waals surface area contributed by atoms with Gasteiger partial charge < -0.3 is 5.32 Å². The number of rotatable bonds is 6. The van der Waals surface area contributed by atoms with Crippen molar-refractivity contribution in [3.05, 3.63) is 35.4 Å². The number of hydrogen-bond donors (Lipinski definition) is 1. The van der Waals surface area contributed by atoms with Crippen LogP contribution < -0.4 is 5.32 Å². The van der Waals surface area contributed by atoms with E-state index in [1.165, 1.54) is 24.8 Å². The highest BCUT2D eigenvalue weighted by molar-refractivity contribution is 5.78. The molecule has 2 rings (SSSR count). The highest BCUT2D eigenvalue weighted by atomic mass is 16.1. The van der Waals surface area contributed by atoms with Crippen LogP contribution in [0.15, 0.2) is 24.3 Å². The monoisotopic (exact) mass is 273 g/mol. The molecule has 1 aromatic rings. The standard InChI is InChI=1S/C18H27NO/c1-3-4-5-15-7-9-16(10-8-15)13-18(20)19-17-11-6-14(2)12-17/h7-10,14,17H,3-6,11-13H2,1-2H3,(H,19,20). The molecule has 0 heterocycles. The lowest BCUT2D eigenvalue weighted by Gasteiger charge is -2.12. The third-order valence-corrected chi connectivity index (χ3v) is 4.27. The van der Waals surface area contributed by atoms with Crippen molar-refractivity contribution in [2.45, 2.75) is 64.8 Å². The maximum absolute atomic E-state index is 12.0. The van der Waals surface area contributed by atoms with Crippen molar-refractivity contribution in [2.24, 2.45) is 5.92 Å². The van der Waals surface area contributed by atoms with E-state index in [1.807, 2.05) is 0 Å². The molecule has 1 amide bonds. The Hall–Kier alpha value is -1.31. The molecule has 110 valence electrons. The molecule has 1 aliphatic rings. The molecule has 1 fully saturated rings. The average molecular weight is 273 g/mol. The van der Waals surface area contributed by atoms with E-state index in [9.17, 15) is 4.79 Å². The summed E-state index contributed by atoms with van der Waals surface area (Å²) in [5, 5.41) is 3.17. The molecular formula is C18H27NO. The maximum atomic E-state index is 12.0. The molecule has 0 saturated heterocycles. The summed E-state index contributed by atoms with van der Waals surface area (Å²) in [5.41, 5.74) is 2.49. The first-order chi connectivity index (χ1) is 9.67. The molecule has 0 bridgehead atoms. The summed E-state index contributed by atoms with van der Waals surface area (Å²) in [6.45, 7) is 4.48. The van der Waals surface area contributed by atoms with Crippen molar-refractivity contribution < 1.29 is 4.79 Å². The topological polar surface area (TPSA) is 29.1 Å². The number of carbonyl (C=O) groups is 1. The Bertz CT molecular complexity index is 424. The Morgan fingerprint density at radius 2 is 1.90 bits per heavy atom. The molecule has 0 aliphatic heterocycles. The van der Waals surface area contributed by atoms with Crippen LogP contribution in [0.3, 0.4) is 0 Å². The van der Waals surface area contributed by atoms with Gasteiger partial charge in [0.2, 0.25) is 5.91 Å². The van der Waals surface area contributed by atoms with E-state index < -0.39 is 0 Å². The summed E-state index contributed by atoms with van der Waals surface area (Å²) >= 11 is 0. The number of benzene rings is 1. The fraction of sp³-hybridized carbons (Fsp3) is 0.611. The van der Waals surface area contributed by atoms with E-state index in [4.69, 9.17) is 0 Å². The van der Waals surface area contributed by atoms with Crippen molar-refractivity contribution in [1.29, 1.82) is 0 Å². The van der Waals surface area contributed by atoms with E-state index in [2.05, 4.69) is 43.4 Å². The number of amides is 1. The summed E-state index contributed by atoms with van der Waals surface area (Å²) < 4.78 is 0. The van der Waals surface area contributed by atoms with E-state index in [0.717, 1.165) is 30.7 Å². The van der Waals surface area contributed by atoms with Gasteiger partial charge in [0.1, 0.15) is 0 Å². The summed E-state index contributed by atoms with van der Waals surface area (Å²) in [6.07, 6.45) is 7.65. The van der Waals surface area contributed by atoms with Crippen LogP contribution in [0, 0.1) is 5.92 Å². The predicted octanol–water partition coefficient (Wildman–Crippen LogP) is 3.88. The Balaban J connectivity index is 1.78. The number of carbonyl (C=O) groups excluding carboxylic acids is 1. The first-order valence-corrected chi connectivity index (χ1v) is 8.04. The fourth-order valence-corrected chi connectivity index (χ4v) is 3.01. The van der Waals surface area contributed by atoms with Crippen molar-refractivity contribution >= 4 is 5.91 Å². The molecule has 1 aliphatic carbocycles. The minimum absolute atomic E-state index is 0.172. The van der Waals surface area contributed by atoms with Crippen LogP contribution in [-0.4, -0.2) is 11.9 Å². The van der Waals surface area contributed by atoms with Crippen LogP contribution in [0.5, 0.6) is 0 Å². The second kappa shape index (κ2) is 7.47. The Kier molecular flexibility index (Phi) is 5.63. The highest BCUT2D eigenvalue weighted by Gasteiger charge is 2.22. The average Bonchev–Trinajstić information content (AvgIpc) is 2.83. The molecule has 0 radical (unpaired) electrons. The van der Waals surface area contributed by atoms with Gasteiger partial charge >= 0.3 is 0 Å². The lowest BCUT2D eigenvalue weighted by Crippen LogP contribution is -2.34. The molecule has 2 unspecified atom stereocenters. The summed E-state index contributed by atoms with van der Waals surface area (Å²) in [4.78, 5) is 12.0. The number of unbranched alkanes of at least 4 members (excludes halogenated alkanes) is 1. The van der Waals surface area contributed by atoms with Crippen LogP contribution in [0.25, 0.3) is 0 Å². The molecule has 2 atom stereocenters. The molecular weight excluding hydrogens is 246 g/mol. The van der Waals surface area contributed by atoms with Crippen molar-refractivity contribution in [2.75, 3.05) is 0 Å². The van der Waals surface area contributed by atoms with Crippen molar-refractivity contribution in [3.8, 4) is 0 Å². The fourth-order valence-electron chi connectivity index (χ4n) is 3.01. The summed E-state index contributed by atoms with van der Waals surface area (Å²) in [7, 11) is 0. The second-order valence-electron chi connectivity index (χ2n) is 6.28. The quantitative estimate of drug-likeness (QED) is 0.837. The number of nitrogens with one attached hydrogen (secondary N) is 1. The van der Waals surface area contributed by atoms with Gasteiger partial charge in [-0.05, 0) is 49.1 Å². The van der Waals surface area contributed by atoms with Crippen LogP contribution in [-0.2, 0) is 17.6 Å². The van der Waals surface area contributed by atoms with E-state index in [0.29, 0.717) is 12.5 Å². The Labute approximate surface area is 123 Å². The third kappa shape index (κ3) is 4.66. The van der Waals surface area contributed by atoms with Gasteiger partial charge in [0.15, 0.2) is 0 Å². The first kappa shape index (κ1) is 15.1. The van der Waals surface area contributed by atoms with Gasteiger partial charge in [-0.15, -0.1) is 0 Å². The lowest BCUT2D eigenvalue weighted by atomic mass is 10.0. The van der Waals surface area contributed by atoms with E-state index in [1.54, 1.807) is 0 Å². The van der Waals surface area contributed by atoms with E-state index in [-0.39, 0.29) is 5.91 Å². The molecule has 20 heavy (non-hydrogen) atoms. The zero-order valence-electron chi connectivity index (χ0n) is 12.8.